The van der Waals surface area contributed by atoms with Gasteiger partial charge in [-0.1, -0.05) is 19.1 Å². The van der Waals surface area contributed by atoms with Crippen LogP contribution in [0.4, 0.5) is 0 Å². The van der Waals surface area contributed by atoms with Crippen LogP contribution in [0.5, 0.6) is 0 Å². The second-order valence-electron chi connectivity index (χ2n) is 8.38. The Morgan fingerprint density at radius 1 is 1.27 bits per heavy atom. The van der Waals surface area contributed by atoms with E-state index in [9.17, 15) is 9.59 Å². The predicted molar refractivity (Wildman–Crippen MR) is 115 cm³/mol. The highest BCUT2D eigenvalue weighted by Gasteiger charge is 2.20. The summed E-state index contributed by atoms with van der Waals surface area (Å²) in [6, 6.07) is 7.41. The summed E-state index contributed by atoms with van der Waals surface area (Å²) in [5.74, 6) is 0.163. The Hall–Kier alpha value is -2.45. The molecule has 1 aromatic carbocycles. The largest absolute Gasteiger partial charge is 0.460 e. The van der Waals surface area contributed by atoms with E-state index >= 15 is 0 Å². The number of carbonyl (C=O) groups is 2. The van der Waals surface area contributed by atoms with Crippen molar-refractivity contribution in [1.82, 2.24) is 20.3 Å². The fourth-order valence-corrected chi connectivity index (χ4v) is 3.37. The molecule has 0 radical (unpaired) electrons. The van der Waals surface area contributed by atoms with E-state index in [4.69, 9.17) is 14.9 Å². The number of aryl methyl sites for hydroxylation is 2. The molecule has 0 unspecified atom stereocenters. The van der Waals surface area contributed by atoms with E-state index in [2.05, 4.69) is 16.8 Å². The minimum Gasteiger partial charge on any atom is -0.460 e. The molecule has 8 heteroatoms. The second-order valence-corrected chi connectivity index (χ2v) is 8.38. The van der Waals surface area contributed by atoms with Crippen LogP contribution in [0, 0.1) is 0 Å². The Kier molecular flexibility index (Phi) is 8.80. The molecule has 0 fully saturated rings. The first-order chi connectivity index (χ1) is 14.2. The SMILES string of the molecule is CCCn1c(CC[C@H](NCCCC(=O)OC(C)(C)C)C(=O)NO)nc2ccccc21. The van der Waals surface area contributed by atoms with Crippen LogP contribution < -0.4 is 10.8 Å². The minimum absolute atomic E-state index is 0.263. The summed E-state index contributed by atoms with van der Waals surface area (Å²) in [7, 11) is 0. The zero-order valence-electron chi connectivity index (χ0n) is 18.4. The predicted octanol–water partition coefficient (Wildman–Crippen LogP) is 2.96. The highest BCUT2D eigenvalue weighted by Crippen LogP contribution is 2.18. The van der Waals surface area contributed by atoms with E-state index in [1.807, 2.05) is 45.0 Å². The van der Waals surface area contributed by atoms with Crippen molar-refractivity contribution in [3.8, 4) is 0 Å². The number of fused-ring (bicyclic) bond motifs is 1. The Bertz CT molecular complexity index is 841. The first-order valence-corrected chi connectivity index (χ1v) is 10.6. The number of carbonyl (C=O) groups excluding carboxylic acids is 2. The molecule has 0 aliphatic carbocycles. The number of hydrogen-bond acceptors (Lipinski definition) is 6. The van der Waals surface area contributed by atoms with Gasteiger partial charge in [0.05, 0.1) is 17.1 Å². The summed E-state index contributed by atoms with van der Waals surface area (Å²) in [6.45, 7) is 8.93. The molecule has 1 aromatic heterocycles. The molecule has 2 aromatic rings. The number of aromatic nitrogens is 2. The van der Waals surface area contributed by atoms with Gasteiger partial charge in [0, 0.05) is 19.4 Å². The number of para-hydroxylation sites is 2. The monoisotopic (exact) mass is 418 g/mol. The number of hydroxylamine groups is 1. The molecular formula is C22H34N4O4. The van der Waals surface area contributed by atoms with Gasteiger partial charge in [-0.05, 0) is 58.7 Å². The highest BCUT2D eigenvalue weighted by atomic mass is 16.6. The van der Waals surface area contributed by atoms with Crippen molar-refractivity contribution in [2.24, 2.45) is 0 Å². The van der Waals surface area contributed by atoms with Crippen molar-refractivity contribution in [2.45, 2.75) is 78.0 Å². The van der Waals surface area contributed by atoms with Crippen molar-refractivity contribution in [3.05, 3.63) is 30.1 Å². The second kappa shape index (κ2) is 11.1. The molecule has 0 saturated heterocycles. The maximum absolute atomic E-state index is 12.1. The van der Waals surface area contributed by atoms with Gasteiger partial charge in [0.15, 0.2) is 0 Å². The third-order valence-electron chi connectivity index (χ3n) is 4.63. The molecule has 0 saturated carbocycles. The zero-order chi connectivity index (χ0) is 22.1. The molecule has 0 aliphatic heterocycles. The first kappa shape index (κ1) is 23.8. The Morgan fingerprint density at radius 3 is 2.67 bits per heavy atom. The third kappa shape index (κ3) is 7.11. The number of nitrogens with zero attached hydrogens (tertiary/aromatic N) is 2. The molecule has 0 spiro atoms. The lowest BCUT2D eigenvalue weighted by Gasteiger charge is -2.20. The van der Waals surface area contributed by atoms with Crippen LogP contribution in [0.15, 0.2) is 24.3 Å². The van der Waals surface area contributed by atoms with E-state index in [0.29, 0.717) is 25.8 Å². The summed E-state index contributed by atoms with van der Waals surface area (Å²) in [5.41, 5.74) is 3.25. The quantitative estimate of drug-likeness (QED) is 0.224. The molecule has 1 amide bonds. The molecule has 0 aliphatic rings. The number of benzene rings is 1. The molecule has 166 valence electrons. The van der Waals surface area contributed by atoms with Gasteiger partial charge in [-0.15, -0.1) is 0 Å². The zero-order valence-corrected chi connectivity index (χ0v) is 18.4. The van der Waals surface area contributed by atoms with Crippen LogP contribution in [0.3, 0.4) is 0 Å². The fourth-order valence-electron chi connectivity index (χ4n) is 3.37. The van der Waals surface area contributed by atoms with Crippen molar-refractivity contribution in [1.29, 1.82) is 0 Å². The smallest absolute Gasteiger partial charge is 0.306 e. The van der Waals surface area contributed by atoms with E-state index < -0.39 is 17.6 Å². The number of nitrogens with one attached hydrogen (secondary N) is 2. The third-order valence-corrected chi connectivity index (χ3v) is 4.63. The molecule has 3 N–H and O–H groups in total. The number of ether oxygens (including phenoxy) is 1. The lowest BCUT2D eigenvalue weighted by molar-refractivity contribution is -0.154. The maximum atomic E-state index is 12.1. The van der Waals surface area contributed by atoms with Crippen molar-refractivity contribution < 1.29 is 19.5 Å². The van der Waals surface area contributed by atoms with Crippen molar-refractivity contribution in [3.63, 3.8) is 0 Å². The normalized spacial score (nSPS) is 12.7. The van der Waals surface area contributed by atoms with Gasteiger partial charge >= 0.3 is 5.97 Å². The van der Waals surface area contributed by atoms with Crippen LogP contribution in [-0.4, -0.2) is 44.8 Å². The summed E-state index contributed by atoms with van der Waals surface area (Å²) in [6.07, 6.45) is 2.86. The van der Waals surface area contributed by atoms with Crippen LogP contribution in [0.2, 0.25) is 0 Å². The maximum Gasteiger partial charge on any atom is 0.306 e. The molecule has 1 atom stereocenters. The topological polar surface area (TPSA) is 105 Å². The Morgan fingerprint density at radius 2 is 2.00 bits per heavy atom. The lowest BCUT2D eigenvalue weighted by Crippen LogP contribution is -2.44. The first-order valence-electron chi connectivity index (χ1n) is 10.6. The van der Waals surface area contributed by atoms with Gasteiger partial charge < -0.3 is 14.6 Å². The van der Waals surface area contributed by atoms with Gasteiger partial charge in [0.1, 0.15) is 11.4 Å². The van der Waals surface area contributed by atoms with E-state index in [1.54, 1.807) is 5.48 Å². The Balaban J connectivity index is 1.94. The van der Waals surface area contributed by atoms with Crippen LogP contribution in [-0.2, 0) is 27.3 Å². The standard InChI is InChI=1S/C22H34N4O4/c1-5-15-26-18-10-7-6-9-16(18)24-19(26)13-12-17(21(28)25-29)23-14-8-11-20(27)30-22(2,3)4/h6-7,9-10,17,23,29H,5,8,11-15H2,1-4H3,(H,25,28)/t17-/m0/s1. The van der Waals surface area contributed by atoms with Gasteiger partial charge in [-0.3, -0.25) is 14.8 Å². The number of hydrogen-bond donors (Lipinski definition) is 3. The van der Waals surface area contributed by atoms with Crippen molar-refractivity contribution >= 4 is 22.9 Å². The molecule has 0 bridgehead atoms. The fraction of sp³-hybridized carbons (Fsp3) is 0.591. The van der Waals surface area contributed by atoms with Gasteiger partial charge in [-0.25, -0.2) is 10.5 Å². The van der Waals surface area contributed by atoms with E-state index in [1.165, 1.54) is 0 Å². The molecule has 30 heavy (non-hydrogen) atoms. The highest BCUT2D eigenvalue weighted by molar-refractivity contribution is 5.80. The molecule has 8 nitrogen and oxygen atoms in total. The van der Waals surface area contributed by atoms with Gasteiger partial charge in [0.2, 0.25) is 0 Å². The summed E-state index contributed by atoms with van der Waals surface area (Å²) in [5, 5.41) is 12.2. The number of esters is 1. The van der Waals surface area contributed by atoms with Gasteiger partial charge in [0.25, 0.3) is 5.91 Å². The van der Waals surface area contributed by atoms with Crippen LogP contribution in [0.25, 0.3) is 11.0 Å². The van der Waals surface area contributed by atoms with Crippen LogP contribution in [0.1, 0.15) is 59.2 Å². The number of imidazole rings is 1. The summed E-state index contributed by atoms with van der Waals surface area (Å²) >= 11 is 0. The number of rotatable bonds is 11. The number of amides is 1. The lowest BCUT2D eigenvalue weighted by atomic mass is 10.1. The van der Waals surface area contributed by atoms with Crippen molar-refractivity contribution in [2.75, 3.05) is 6.54 Å². The molecule has 1 heterocycles. The van der Waals surface area contributed by atoms with Gasteiger partial charge in [-0.2, -0.15) is 0 Å². The van der Waals surface area contributed by atoms with E-state index in [0.717, 1.165) is 29.8 Å². The Labute approximate surface area is 178 Å². The molecule has 2 rings (SSSR count). The minimum atomic E-state index is -0.580. The average Bonchev–Trinajstić information content (AvgIpc) is 3.03. The molecular weight excluding hydrogens is 384 g/mol. The summed E-state index contributed by atoms with van der Waals surface area (Å²) in [4.78, 5) is 28.6. The van der Waals surface area contributed by atoms with Crippen LogP contribution >= 0.6 is 0 Å². The van der Waals surface area contributed by atoms with E-state index in [-0.39, 0.29) is 12.4 Å². The summed E-state index contributed by atoms with van der Waals surface area (Å²) < 4.78 is 7.47. The average molecular weight is 419 g/mol.